The normalized spacial score (nSPS) is 10.5. The Bertz CT molecular complexity index is 589. The van der Waals surface area contributed by atoms with Crippen LogP contribution in [0.3, 0.4) is 0 Å². The molecule has 1 heterocycles. The first-order valence-corrected chi connectivity index (χ1v) is 5.53. The van der Waals surface area contributed by atoms with Crippen molar-refractivity contribution in [3.63, 3.8) is 0 Å². The molecule has 3 heteroatoms. The molecule has 0 aliphatic rings. The Morgan fingerprint density at radius 2 is 2.06 bits per heavy atom. The van der Waals surface area contributed by atoms with Crippen LogP contribution in [0.1, 0.15) is 19.4 Å². The third-order valence-corrected chi connectivity index (χ3v) is 2.56. The van der Waals surface area contributed by atoms with E-state index in [4.69, 9.17) is 5.11 Å². The Kier molecular flexibility index (Phi) is 3.00. The standard InChI is InChI=1S/C14H15NO2/c1-10(2)8-15-9-11(7-14(16)17)12-5-3-4-6-13(12)15/h3-6,8-9H,7H2,1-2H3,(H,16,17). The molecule has 88 valence electrons. The molecule has 0 saturated heterocycles. The first-order valence-electron chi connectivity index (χ1n) is 5.53. The third kappa shape index (κ3) is 2.38. The van der Waals surface area contributed by atoms with Crippen LogP contribution in [0.5, 0.6) is 0 Å². The maximum Gasteiger partial charge on any atom is 0.307 e. The van der Waals surface area contributed by atoms with Crippen LogP contribution in [0.4, 0.5) is 0 Å². The van der Waals surface area contributed by atoms with Gasteiger partial charge in [0.05, 0.1) is 11.9 Å². The van der Waals surface area contributed by atoms with Crippen LogP contribution in [0, 0.1) is 0 Å². The fraction of sp³-hybridized carbons (Fsp3) is 0.214. The quantitative estimate of drug-likeness (QED) is 0.878. The summed E-state index contributed by atoms with van der Waals surface area (Å²) in [6.45, 7) is 4.04. The zero-order valence-electron chi connectivity index (χ0n) is 9.97. The number of carboxylic acids is 1. The van der Waals surface area contributed by atoms with E-state index in [1.807, 2.05) is 55.1 Å². The van der Waals surface area contributed by atoms with Crippen molar-refractivity contribution in [1.82, 2.24) is 4.57 Å². The van der Waals surface area contributed by atoms with E-state index in [-0.39, 0.29) is 6.42 Å². The van der Waals surface area contributed by atoms with E-state index in [0.29, 0.717) is 0 Å². The average Bonchev–Trinajstić information content (AvgIpc) is 2.56. The van der Waals surface area contributed by atoms with Gasteiger partial charge in [0.2, 0.25) is 0 Å². The molecule has 3 nitrogen and oxygen atoms in total. The van der Waals surface area contributed by atoms with Crippen LogP contribution in [-0.4, -0.2) is 15.6 Å². The molecule has 0 bridgehead atoms. The van der Waals surface area contributed by atoms with Gasteiger partial charge in [0.1, 0.15) is 0 Å². The number of benzene rings is 1. The minimum absolute atomic E-state index is 0.0596. The number of carbonyl (C=O) groups is 1. The lowest BCUT2D eigenvalue weighted by Gasteiger charge is -1.98. The predicted molar refractivity (Wildman–Crippen MR) is 68.9 cm³/mol. The number of allylic oxidation sites excluding steroid dienone is 1. The van der Waals surface area contributed by atoms with Crippen LogP contribution in [0.15, 0.2) is 36.0 Å². The fourth-order valence-corrected chi connectivity index (χ4v) is 1.97. The van der Waals surface area contributed by atoms with Crippen molar-refractivity contribution in [2.75, 3.05) is 0 Å². The largest absolute Gasteiger partial charge is 0.481 e. The fourth-order valence-electron chi connectivity index (χ4n) is 1.97. The third-order valence-electron chi connectivity index (χ3n) is 2.56. The molecule has 2 rings (SSSR count). The highest BCUT2D eigenvalue weighted by atomic mass is 16.4. The second-order valence-corrected chi connectivity index (χ2v) is 4.36. The lowest BCUT2D eigenvalue weighted by Crippen LogP contribution is -1.98. The van der Waals surface area contributed by atoms with Crippen LogP contribution >= 0.6 is 0 Å². The molecule has 1 aromatic carbocycles. The number of hydrogen-bond acceptors (Lipinski definition) is 1. The van der Waals surface area contributed by atoms with Gasteiger partial charge in [-0.3, -0.25) is 4.79 Å². The van der Waals surface area contributed by atoms with Crippen molar-refractivity contribution in [3.8, 4) is 0 Å². The van der Waals surface area contributed by atoms with Gasteiger partial charge in [-0.1, -0.05) is 23.8 Å². The number of fused-ring (bicyclic) bond motifs is 1. The predicted octanol–water partition coefficient (Wildman–Crippen LogP) is 3.15. The van der Waals surface area contributed by atoms with Crippen molar-refractivity contribution in [3.05, 3.63) is 41.6 Å². The van der Waals surface area contributed by atoms with Crippen molar-refractivity contribution < 1.29 is 9.90 Å². The number of nitrogens with zero attached hydrogens (tertiary/aromatic N) is 1. The molecular formula is C14H15NO2. The SMILES string of the molecule is CC(C)=Cn1cc(CC(=O)O)c2ccccc21. The monoisotopic (exact) mass is 229 g/mol. The summed E-state index contributed by atoms with van der Waals surface area (Å²) in [4.78, 5) is 10.8. The molecule has 1 N–H and O–H groups in total. The zero-order valence-corrected chi connectivity index (χ0v) is 9.97. The van der Waals surface area contributed by atoms with Gasteiger partial charge in [-0.25, -0.2) is 0 Å². The van der Waals surface area contributed by atoms with Crippen LogP contribution in [-0.2, 0) is 11.2 Å². The number of aliphatic carboxylic acids is 1. The smallest absolute Gasteiger partial charge is 0.307 e. The Morgan fingerprint density at radius 3 is 2.71 bits per heavy atom. The van der Waals surface area contributed by atoms with Gasteiger partial charge in [0.25, 0.3) is 0 Å². The highest BCUT2D eigenvalue weighted by Crippen LogP contribution is 2.22. The van der Waals surface area contributed by atoms with Crippen LogP contribution < -0.4 is 0 Å². The number of rotatable bonds is 3. The van der Waals surface area contributed by atoms with Crippen molar-refractivity contribution >= 4 is 23.1 Å². The Hall–Kier alpha value is -2.03. The maximum absolute atomic E-state index is 10.8. The minimum atomic E-state index is -0.801. The summed E-state index contributed by atoms with van der Waals surface area (Å²) in [5.41, 5.74) is 3.07. The van der Waals surface area contributed by atoms with Gasteiger partial charge in [-0.2, -0.15) is 0 Å². The van der Waals surface area contributed by atoms with Gasteiger partial charge in [0, 0.05) is 17.8 Å². The molecule has 0 atom stereocenters. The van der Waals surface area contributed by atoms with Crippen molar-refractivity contribution in [1.29, 1.82) is 0 Å². The summed E-state index contributed by atoms with van der Waals surface area (Å²) in [5, 5.41) is 9.90. The molecule has 0 aliphatic heterocycles. The summed E-state index contributed by atoms with van der Waals surface area (Å²) in [5.74, 6) is -0.801. The average molecular weight is 229 g/mol. The summed E-state index contributed by atoms with van der Waals surface area (Å²) >= 11 is 0. The van der Waals surface area contributed by atoms with Gasteiger partial charge in [-0.15, -0.1) is 0 Å². The van der Waals surface area contributed by atoms with Gasteiger partial charge >= 0.3 is 5.97 Å². The van der Waals surface area contributed by atoms with Gasteiger partial charge in [0.15, 0.2) is 0 Å². The van der Waals surface area contributed by atoms with Gasteiger partial charge in [-0.05, 0) is 25.5 Å². The van der Waals surface area contributed by atoms with E-state index in [0.717, 1.165) is 16.5 Å². The van der Waals surface area contributed by atoms with Gasteiger partial charge < -0.3 is 9.67 Å². The highest BCUT2D eigenvalue weighted by Gasteiger charge is 2.09. The maximum atomic E-state index is 10.8. The Morgan fingerprint density at radius 1 is 1.35 bits per heavy atom. The Balaban J connectivity index is 2.62. The van der Waals surface area contributed by atoms with Crippen LogP contribution in [0.2, 0.25) is 0 Å². The second kappa shape index (κ2) is 4.45. The Labute approximate surface area is 100.0 Å². The molecule has 2 aromatic rings. The highest BCUT2D eigenvalue weighted by molar-refractivity contribution is 5.88. The summed E-state index contributed by atoms with van der Waals surface area (Å²) in [6.07, 6.45) is 3.96. The molecule has 0 spiro atoms. The second-order valence-electron chi connectivity index (χ2n) is 4.36. The summed E-state index contributed by atoms with van der Waals surface area (Å²) < 4.78 is 1.99. The number of hydrogen-bond donors (Lipinski definition) is 1. The molecule has 0 unspecified atom stereocenters. The molecule has 0 fully saturated rings. The molecule has 0 amide bonds. The lowest BCUT2D eigenvalue weighted by molar-refractivity contribution is -0.136. The summed E-state index contributed by atoms with van der Waals surface area (Å²) in [6, 6.07) is 7.85. The molecule has 17 heavy (non-hydrogen) atoms. The molecule has 0 saturated carbocycles. The number of aromatic nitrogens is 1. The first kappa shape index (κ1) is 11.5. The molecular weight excluding hydrogens is 214 g/mol. The lowest BCUT2D eigenvalue weighted by atomic mass is 10.1. The van der Waals surface area contributed by atoms with E-state index in [1.54, 1.807) is 0 Å². The molecule has 1 aromatic heterocycles. The van der Waals surface area contributed by atoms with E-state index in [9.17, 15) is 4.79 Å². The van der Waals surface area contributed by atoms with E-state index >= 15 is 0 Å². The number of para-hydroxylation sites is 1. The topological polar surface area (TPSA) is 42.2 Å². The van der Waals surface area contributed by atoms with Crippen LogP contribution in [0.25, 0.3) is 17.1 Å². The van der Waals surface area contributed by atoms with Crippen molar-refractivity contribution in [2.45, 2.75) is 20.3 Å². The van der Waals surface area contributed by atoms with E-state index in [1.165, 1.54) is 5.57 Å². The van der Waals surface area contributed by atoms with E-state index < -0.39 is 5.97 Å². The van der Waals surface area contributed by atoms with Crippen molar-refractivity contribution in [2.24, 2.45) is 0 Å². The zero-order chi connectivity index (χ0) is 12.4. The minimum Gasteiger partial charge on any atom is -0.481 e. The number of carboxylic acid groups (broad SMARTS) is 1. The van der Waals surface area contributed by atoms with E-state index in [2.05, 4.69) is 0 Å². The summed E-state index contributed by atoms with van der Waals surface area (Å²) in [7, 11) is 0. The molecule has 0 aliphatic carbocycles. The first-order chi connectivity index (χ1) is 8.08. The molecule has 0 radical (unpaired) electrons.